The lowest BCUT2D eigenvalue weighted by Crippen LogP contribution is -2.34. The fraction of sp³-hybridized carbons (Fsp3) is 0.450. The van der Waals surface area contributed by atoms with Crippen LogP contribution in [-0.4, -0.2) is 42.9 Å². The van der Waals surface area contributed by atoms with Gasteiger partial charge < -0.3 is 16.2 Å². The molecule has 3 aromatic rings. The van der Waals surface area contributed by atoms with E-state index < -0.39 is 5.60 Å². The maximum atomic E-state index is 10.5. The minimum Gasteiger partial charge on any atom is -0.390 e. The molecule has 2 fully saturated rings. The van der Waals surface area contributed by atoms with Crippen molar-refractivity contribution >= 4 is 23.0 Å². The maximum Gasteiger partial charge on any atom is 0.243 e. The molecule has 5 rings (SSSR count). The van der Waals surface area contributed by atoms with Crippen molar-refractivity contribution in [3.63, 3.8) is 0 Å². The average molecular weight is 392 g/mol. The van der Waals surface area contributed by atoms with Gasteiger partial charge in [0.15, 0.2) is 5.82 Å². The summed E-state index contributed by atoms with van der Waals surface area (Å²) in [5.41, 5.74) is 9.57. The molecule has 0 amide bonds. The molecule has 0 saturated heterocycles. The molecule has 3 heterocycles. The molecule has 0 aromatic carbocycles. The molecule has 150 valence electrons. The number of aromatic nitrogens is 4. The van der Waals surface area contributed by atoms with Gasteiger partial charge in [0, 0.05) is 24.3 Å². The number of hydrogen-bond donors (Lipinski definition) is 3. The Balaban J connectivity index is 1.50. The smallest absolute Gasteiger partial charge is 0.243 e. The number of hydrogen-bond acceptors (Lipinski definition) is 8. The van der Waals surface area contributed by atoms with Crippen molar-refractivity contribution in [2.45, 2.75) is 50.2 Å². The Hall–Kier alpha value is -3.07. The molecule has 0 aliphatic heterocycles. The number of aryl methyl sites for hydroxylation is 1. The second kappa shape index (κ2) is 6.21. The van der Waals surface area contributed by atoms with Crippen LogP contribution < -0.4 is 11.1 Å². The van der Waals surface area contributed by atoms with E-state index in [4.69, 9.17) is 5.73 Å². The van der Waals surface area contributed by atoms with Gasteiger partial charge in [-0.15, -0.1) is 5.10 Å². The number of nitrogens with one attached hydrogen (secondary N) is 1. The average Bonchev–Trinajstić information content (AvgIpc) is 3.34. The van der Waals surface area contributed by atoms with E-state index in [1.807, 2.05) is 31.3 Å². The maximum absolute atomic E-state index is 10.5. The van der Waals surface area contributed by atoms with Gasteiger partial charge >= 0.3 is 0 Å². The van der Waals surface area contributed by atoms with E-state index in [0.29, 0.717) is 11.8 Å². The van der Waals surface area contributed by atoms with Crippen LogP contribution in [0.3, 0.4) is 0 Å². The molecule has 9 nitrogen and oxygen atoms in total. The van der Waals surface area contributed by atoms with Crippen molar-refractivity contribution in [1.82, 2.24) is 19.6 Å². The summed E-state index contributed by atoms with van der Waals surface area (Å²) in [7, 11) is 1.63. The summed E-state index contributed by atoms with van der Waals surface area (Å²) in [5, 5.41) is 26.5. The largest absolute Gasteiger partial charge is 0.390 e. The Morgan fingerprint density at radius 2 is 1.97 bits per heavy atom. The number of nitrogen functional groups attached to an aromatic ring is 1. The Labute approximate surface area is 168 Å². The number of fused-ring (bicyclic) bond motifs is 3. The first kappa shape index (κ1) is 18.0. The van der Waals surface area contributed by atoms with Crippen LogP contribution in [0.1, 0.15) is 37.8 Å². The molecule has 3 aromatic heterocycles. The molecular formula is C20H24N8O. The van der Waals surface area contributed by atoms with E-state index in [1.54, 1.807) is 11.6 Å². The first-order valence-electron chi connectivity index (χ1n) is 9.84. The highest BCUT2D eigenvalue weighted by atomic mass is 16.3. The van der Waals surface area contributed by atoms with E-state index in [-0.39, 0.29) is 5.54 Å². The molecule has 9 heteroatoms. The van der Waals surface area contributed by atoms with Gasteiger partial charge in [-0.05, 0) is 57.2 Å². The predicted octanol–water partition coefficient (Wildman–Crippen LogP) is 3.25. The first-order valence-corrected chi connectivity index (χ1v) is 9.84. The summed E-state index contributed by atoms with van der Waals surface area (Å²) >= 11 is 0. The van der Waals surface area contributed by atoms with Gasteiger partial charge in [-0.1, -0.05) is 0 Å². The topological polar surface area (TPSA) is 126 Å². The fourth-order valence-corrected chi connectivity index (χ4v) is 4.81. The quantitative estimate of drug-likeness (QED) is 0.585. The number of aliphatic hydroxyl groups is 1. The van der Waals surface area contributed by atoms with Crippen molar-refractivity contribution in [3.8, 4) is 11.3 Å². The molecular weight excluding hydrogens is 368 g/mol. The van der Waals surface area contributed by atoms with Gasteiger partial charge in [0.05, 0.1) is 17.0 Å². The highest BCUT2D eigenvalue weighted by Gasteiger charge is 2.53. The van der Waals surface area contributed by atoms with Crippen molar-refractivity contribution in [3.05, 3.63) is 30.1 Å². The van der Waals surface area contributed by atoms with Crippen molar-refractivity contribution in [1.29, 1.82) is 0 Å². The lowest BCUT2D eigenvalue weighted by atomic mass is 9.93. The van der Waals surface area contributed by atoms with Crippen LogP contribution >= 0.6 is 0 Å². The molecule has 0 radical (unpaired) electrons. The molecule has 2 aliphatic rings. The third-order valence-corrected chi connectivity index (χ3v) is 6.26. The summed E-state index contributed by atoms with van der Waals surface area (Å²) in [4.78, 5) is 9.17. The van der Waals surface area contributed by atoms with Gasteiger partial charge in [-0.2, -0.15) is 15.2 Å². The van der Waals surface area contributed by atoms with Gasteiger partial charge in [-0.3, -0.25) is 4.98 Å². The fourth-order valence-electron chi connectivity index (χ4n) is 4.81. The zero-order valence-electron chi connectivity index (χ0n) is 16.6. The van der Waals surface area contributed by atoms with Gasteiger partial charge in [0.1, 0.15) is 11.2 Å². The third kappa shape index (κ3) is 2.93. The number of azo groups is 1. The monoisotopic (exact) mass is 392 g/mol. The van der Waals surface area contributed by atoms with E-state index >= 15 is 0 Å². The van der Waals surface area contributed by atoms with E-state index in [1.165, 1.54) is 0 Å². The summed E-state index contributed by atoms with van der Waals surface area (Å²) in [6.45, 7) is 1.90. The predicted molar refractivity (Wildman–Crippen MR) is 110 cm³/mol. The van der Waals surface area contributed by atoms with Gasteiger partial charge in [0.25, 0.3) is 0 Å². The van der Waals surface area contributed by atoms with E-state index in [0.717, 1.165) is 60.3 Å². The van der Waals surface area contributed by atoms with Crippen LogP contribution in [-0.2, 0) is 0 Å². The molecule has 2 bridgehead atoms. The minimum absolute atomic E-state index is 0.132. The Bertz CT molecular complexity index is 1130. The van der Waals surface area contributed by atoms with Crippen LogP contribution in [0.2, 0.25) is 0 Å². The molecule has 2 aliphatic carbocycles. The number of nitrogens with zero attached hydrogens (tertiary/aromatic N) is 6. The summed E-state index contributed by atoms with van der Waals surface area (Å²) < 4.78 is 1.74. The van der Waals surface area contributed by atoms with Crippen LogP contribution in [0, 0.1) is 6.92 Å². The van der Waals surface area contributed by atoms with Crippen molar-refractivity contribution in [2.75, 3.05) is 18.1 Å². The lowest BCUT2D eigenvalue weighted by molar-refractivity contribution is 0.0521. The second-order valence-electron chi connectivity index (χ2n) is 8.25. The molecule has 0 unspecified atom stereocenters. The van der Waals surface area contributed by atoms with Crippen molar-refractivity contribution in [2.24, 2.45) is 10.2 Å². The summed E-state index contributed by atoms with van der Waals surface area (Å²) in [5.74, 6) is 0.882. The zero-order chi connectivity index (χ0) is 20.2. The summed E-state index contributed by atoms with van der Waals surface area (Å²) in [6.07, 6.45) is 6.09. The standard InChI is InChI=1S/C20H24N8O/c1-12-14(26-22-2)3-4-15(23-12)13-5-10-28-16(13)17(21)24-18(27-28)25-19-6-8-20(29,11-19)9-7-19/h3-5,10,29H,6-9,11H2,1-2H3,(H3,21,24,25,27). The van der Waals surface area contributed by atoms with Crippen molar-refractivity contribution < 1.29 is 5.11 Å². The Morgan fingerprint density at radius 1 is 1.17 bits per heavy atom. The molecule has 0 atom stereocenters. The van der Waals surface area contributed by atoms with Crippen LogP contribution in [0.5, 0.6) is 0 Å². The highest BCUT2D eigenvalue weighted by molar-refractivity contribution is 5.86. The first-order chi connectivity index (χ1) is 13.9. The Kier molecular flexibility index (Phi) is 3.86. The Morgan fingerprint density at radius 3 is 2.62 bits per heavy atom. The highest BCUT2D eigenvalue weighted by Crippen LogP contribution is 2.51. The number of pyridine rings is 1. The van der Waals surface area contributed by atoms with E-state index in [9.17, 15) is 5.11 Å². The molecule has 4 N–H and O–H groups in total. The van der Waals surface area contributed by atoms with Gasteiger partial charge in [-0.25, -0.2) is 4.52 Å². The normalized spacial score (nSPS) is 26.0. The molecule has 2 saturated carbocycles. The van der Waals surface area contributed by atoms with Gasteiger partial charge in [0.2, 0.25) is 5.95 Å². The number of nitrogens with two attached hydrogens (primary N) is 1. The number of anilines is 2. The third-order valence-electron chi connectivity index (χ3n) is 6.26. The van der Waals surface area contributed by atoms with Crippen LogP contribution in [0.4, 0.5) is 17.5 Å². The van der Waals surface area contributed by atoms with E-state index in [2.05, 4.69) is 30.6 Å². The SMILES string of the molecule is CN=Nc1ccc(-c2ccn3nc(NC45CCC(O)(CC4)C5)nc(N)c23)nc1C. The lowest BCUT2D eigenvalue weighted by Gasteiger charge is -2.27. The van der Waals surface area contributed by atoms with Crippen LogP contribution in [0.25, 0.3) is 16.8 Å². The zero-order valence-corrected chi connectivity index (χ0v) is 16.6. The second-order valence-corrected chi connectivity index (χ2v) is 8.25. The minimum atomic E-state index is -0.531. The molecule has 29 heavy (non-hydrogen) atoms. The molecule has 0 spiro atoms. The number of rotatable bonds is 4. The van der Waals surface area contributed by atoms with Crippen LogP contribution in [0.15, 0.2) is 34.6 Å². The summed E-state index contributed by atoms with van der Waals surface area (Å²) in [6, 6.07) is 5.73.